The summed E-state index contributed by atoms with van der Waals surface area (Å²) >= 11 is 0. The van der Waals surface area contributed by atoms with E-state index in [0.717, 1.165) is 22.6 Å². The Balaban J connectivity index is 2.23. The van der Waals surface area contributed by atoms with Crippen LogP contribution in [0.3, 0.4) is 0 Å². The molecule has 0 bridgehead atoms. The van der Waals surface area contributed by atoms with Crippen molar-refractivity contribution in [3.8, 4) is 0 Å². The molecule has 2 rings (SSSR count). The minimum atomic E-state index is -0.199. The number of amides is 1. The molecule has 2 aromatic rings. The lowest BCUT2D eigenvalue weighted by molar-refractivity contribution is 0.102. The van der Waals surface area contributed by atoms with Gasteiger partial charge in [0.05, 0.1) is 0 Å². The Bertz CT molecular complexity index is 632. The van der Waals surface area contributed by atoms with Gasteiger partial charge in [0.1, 0.15) is 0 Å². The van der Waals surface area contributed by atoms with Gasteiger partial charge < -0.3 is 5.32 Å². The van der Waals surface area contributed by atoms with E-state index >= 15 is 0 Å². The maximum atomic E-state index is 12.2. The summed E-state index contributed by atoms with van der Waals surface area (Å²) in [5, 5.41) is 5.78. The predicted molar refractivity (Wildman–Crippen MR) is 80.2 cm³/mol. The van der Waals surface area contributed by atoms with Crippen LogP contribution in [0.2, 0.25) is 0 Å². The number of aromatic nitrogens is 2. The second-order valence-corrected chi connectivity index (χ2v) is 4.71. The van der Waals surface area contributed by atoms with Gasteiger partial charge in [0.15, 0.2) is 0 Å². The normalized spacial score (nSPS) is 10.2. The van der Waals surface area contributed by atoms with Crippen molar-refractivity contribution in [3.05, 3.63) is 46.8 Å². The van der Waals surface area contributed by atoms with Crippen LogP contribution in [0.1, 0.15) is 27.3 Å². The van der Waals surface area contributed by atoms with Gasteiger partial charge >= 0.3 is 0 Å². The summed E-state index contributed by atoms with van der Waals surface area (Å²) < 4.78 is 0. The van der Waals surface area contributed by atoms with E-state index in [1.165, 1.54) is 0 Å². The van der Waals surface area contributed by atoms with Crippen molar-refractivity contribution in [2.75, 3.05) is 17.7 Å². The molecule has 1 aromatic heterocycles. The number of anilines is 2. The van der Waals surface area contributed by atoms with Crippen molar-refractivity contribution in [2.24, 2.45) is 0 Å². The Kier molecular flexibility index (Phi) is 3.98. The Morgan fingerprint density at radius 1 is 1.05 bits per heavy atom. The maximum Gasteiger partial charge on any atom is 0.258 e. The van der Waals surface area contributed by atoms with Gasteiger partial charge in [0, 0.05) is 29.7 Å². The monoisotopic (exact) mass is 270 g/mol. The quantitative estimate of drug-likeness (QED) is 0.900. The summed E-state index contributed by atoms with van der Waals surface area (Å²) in [6, 6.07) is 7.45. The minimum Gasteiger partial charge on any atom is -0.388 e. The van der Waals surface area contributed by atoms with Crippen LogP contribution in [0.5, 0.6) is 0 Å². The molecule has 0 fully saturated rings. The van der Waals surface area contributed by atoms with E-state index < -0.39 is 0 Å². The van der Waals surface area contributed by atoms with Gasteiger partial charge in [-0.25, -0.2) is 9.97 Å². The Morgan fingerprint density at radius 2 is 1.70 bits per heavy atom. The number of aryl methyl sites for hydroxylation is 3. The van der Waals surface area contributed by atoms with Gasteiger partial charge in [-0.1, -0.05) is 0 Å². The molecule has 2 N–H and O–H groups in total. The molecule has 1 aromatic carbocycles. The van der Waals surface area contributed by atoms with Gasteiger partial charge in [0.25, 0.3) is 5.91 Å². The lowest BCUT2D eigenvalue weighted by Gasteiger charge is -2.09. The van der Waals surface area contributed by atoms with Crippen molar-refractivity contribution in [1.82, 2.24) is 9.97 Å². The van der Waals surface area contributed by atoms with Crippen molar-refractivity contribution in [3.63, 3.8) is 0 Å². The number of carbonyl (C=O) groups excluding carboxylic acids is 1. The zero-order chi connectivity index (χ0) is 14.7. The van der Waals surface area contributed by atoms with E-state index in [0.29, 0.717) is 11.5 Å². The van der Waals surface area contributed by atoms with Crippen molar-refractivity contribution >= 4 is 17.5 Å². The highest BCUT2D eigenvalue weighted by Crippen LogP contribution is 2.16. The summed E-state index contributed by atoms with van der Waals surface area (Å²) in [7, 11) is 1.85. The van der Waals surface area contributed by atoms with Crippen LogP contribution in [0.15, 0.2) is 24.3 Å². The molecule has 0 aliphatic heterocycles. The van der Waals surface area contributed by atoms with Crippen molar-refractivity contribution < 1.29 is 4.79 Å². The molecule has 5 heteroatoms. The molecular weight excluding hydrogens is 252 g/mol. The van der Waals surface area contributed by atoms with Crippen LogP contribution in [0, 0.1) is 20.8 Å². The standard InChI is InChI=1S/C15H18N4O/c1-9-7-12(16-4)5-6-13(9)14(20)19-15-17-10(2)8-11(3)18-15/h5-8,16H,1-4H3,(H,17,18,19,20). The minimum absolute atomic E-state index is 0.199. The predicted octanol–water partition coefficient (Wildman–Crippen LogP) is 2.70. The largest absolute Gasteiger partial charge is 0.388 e. The summed E-state index contributed by atoms with van der Waals surface area (Å²) in [4.78, 5) is 20.7. The summed E-state index contributed by atoms with van der Waals surface area (Å²) in [5.41, 5.74) is 4.15. The molecule has 0 saturated carbocycles. The summed E-state index contributed by atoms with van der Waals surface area (Å²) in [6.07, 6.45) is 0. The second-order valence-electron chi connectivity index (χ2n) is 4.71. The zero-order valence-corrected chi connectivity index (χ0v) is 12.1. The first-order valence-electron chi connectivity index (χ1n) is 6.41. The Morgan fingerprint density at radius 3 is 2.25 bits per heavy atom. The van der Waals surface area contributed by atoms with Crippen LogP contribution in [-0.4, -0.2) is 22.9 Å². The molecule has 20 heavy (non-hydrogen) atoms. The number of hydrogen-bond donors (Lipinski definition) is 2. The molecule has 0 aliphatic carbocycles. The van der Waals surface area contributed by atoms with Gasteiger partial charge in [-0.3, -0.25) is 10.1 Å². The number of benzene rings is 1. The molecule has 104 valence electrons. The lowest BCUT2D eigenvalue weighted by atomic mass is 10.1. The molecule has 0 saturated heterocycles. The maximum absolute atomic E-state index is 12.2. The SMILES string of the molecule is CNc1ccc(C(=O)Nc2nc(C)cc(C)n2)c(C)c1. The van der Waals surface area contributed by atoms with E-state index in [4.69, 9.17) is 0 Å². The summed E-state index contributed by atoms with van der Waals surface area (Å²) in [6.45, 7) is 5.65. The van der Waals surface area contributed by atoms with E-state index in [1.54, 1.807) is 6.07 Å². The van der Waals surface area contributed by atoms with Gasteiger partial charge in [0.2, 0.25) is 5.95 Å². The average molecular weight is 270 g/mol. The molecule has 1 heterocycles. The van der Waals surface area contributed by atoms with E-state index in [1.807, 2.05) is 46.0 Å². The molecule has 0 radical (unpaired) electrons. The third kappa shape index (κ3) is 3.12. The fourth-order valence-corrected chi connectivity index (χ4v) is 2.02. The summed E-state index contributed by atoms with van der Waals surface area (Å²) in [5.74, 6) is 0.139. The van der Waals surface area contributed by atoms with Crippen LogP contribution < -0.4 is 10.6 Å². The first-order chi connectivity index (χ1) is 9.49. The first kappa shape index (κ1) is 14.0. The van der Waals surface area contributed by atoms with Crippen molar-refractivity contribution in [1.29, 1.82) is 0 Å². The van der Waals surface area contributed by atoms with Crippen LogP contribution in [0.4, 0.5) is 11.6 Å². The van der Waals surface area contributed by atoms with Gasteiger partial charge in [-0.15, -0.1) is 0 Å². The van der Waals surface area contributed by atoms with E-state index in [9.17, 15) is 4.79 Å². The number of nitrogens with zero attached hydrogens (tertiary/aromatic N) is 2. The van der Waals surface area contributed by atoms with E-state index in [-0.39, 0.29) is 5.91 Å². The fraction of sp³-hybridized carbons (Fsp3) is 0.267. The molecule has 0 aliphatic rings. The molecule has 0 unspecified atom stereocenters. The first-order valence-corrected chi connectivity index (χ1v) is 6.41. The average Bonchev–Trinajstić information content (AvgIpc) is 2.36. The lowest BCUT2D eigenvalue weighted by Crippen LogP contribution is -2.16. The molecule has 0 atom stereocenters. The molecule has 5 nitrogen and oxygen atoms in total. The van der Waals surface area contributed by atoms with E-state index in [2.05, 4.69) is 20.6 Å². The van der Waals surface area contributed by atoms with Gasteiger partial charge in [-0.05, 0) is 50.6 Å². The fourth-order valence-electron chi connectivity index (χ4n) is 2.02. The topological polar surface area (TPSA) is 66.9 Å². The third-order valence-electron chi connectivity index (χ3n) is 2.97. The highest BCUT2D eigenvalue weighted by molar-refractivity contribution is 6.04. The van der Waals surface area contributed by atoms with Crippen molar-refractivity contribution in [2.45, 2.75) is 20.8 Å². The Hall–Kier alpha value is -2.43. The van der Waals surface area contributed by atoms with Crippen LogP contribution >= 0.6 is 0 Å². The third-order valence-corrected chi connectivity index (χ3v) is 2.97. The number of hydrogen-bond acceptors (Lipinski definition) is 4. The highest BCUT2D eigenvalue weighted by Gasteiger charge is 2.11. The number of nitrogens with one attached hydrogen (secondary N) is 2. The molecule has 0 spiro atoms. The second kappa shape index (κ2) is 5.69. The number of carbonyl (C=O) groups is 1. The van der Waals surface area contributed by atoms with Crippen LogP contribution in [0.25, 0.3) is 0 Å². The molecular formula is C15H18N4O. The highest BCUT2D eigenvalue weighted by atomic mass is 16.1. The van der Waals surface area contributed by atoms with Gasteiger partial charge in [-0.2, -0.15) is 0 Å². The van der Waals surface area contributed by atoms with Crippen LogP contribution in [-0.2, 0) is 0 Å². The smallest absolute Gasteiger partial charge is 0.258 e. The zero-order valence-electron chi connectivity index (χ0n) is 12.1. The number of rotatable bonds is 3. The molecule has 1 amide bonds. The Labute approximate surface area is 118 Å².